The molecule has 2 rings (SSSR count). The summed E-state index contributed by atoms with van der Waals surface area (Å²) in [6, 6.07) is 1.46. The lowest BCUT2D eigenvalue weighted by molar-refractivity contribution is 0.279. The standard InChI is InChI=1S/C13H16N2O3S/c1-9-8-19-13(14-9)6-15(2)5-10-4-11(16)12(17-3)7-18-10/h4,7-8H,5-6H2,1-3H3. The summed E-state index contributed by atoms with van der Waals surface area (Å²) in [5, 5.41) is 3.08. The number of thiazole rings is 1. The second-order valence-corrected chi connectivity index (χ2v) is 5.28. The molecule has 0 aliphatic rings. The highest BCUT2D eigenvalue weighted by Crippen LogP contribution is 2.13. The summed E-state index contributed by atoms with van der Waals surface area (Å²) < 4.78 is 10.2. The molecule has 2 heterocycles. The molecule has 0 N–H and O–H groups in total. The first-order chi connectivity index (χ1) is 9.08. The third-order valence-corrected chi connectivity index (χ3v) is 3.52. The van der Waals surface area contributed by atoms with E-state index in [9.17, 15) is 4.79 Å². The summed E-state index contributed by atoms with van der Waals surface area (Å²) in [5.41, 5.74) is 0.867. The van der Waals surface area contributed by atoms with Crippen LogP contribution in [0.15, 0.2) is 26.9 Å². The van der Waals surface area contributed by atoms with Crippen LogP contribution in [0.2, 0.25) is 0 Å². The topological polar surface area (TPSA) is 55.6 Å². The Kier molecular flexibility index (Phi) is 4.34. The summed E-state index contributed by atoms with van der Waals surface area (Å²) in [6.45, 7) is 3.26. The van der Waals surface area contributed by atoms with Crippen molar-refractivity contribution in [2.75, 3.05) is 14.2 Å². The zero-order valence-electron chi connectivity index (χ0n) is 11.2. The molecule has 0 bridgehead atoms. The van der Waals surface area contributed by atoms with Gasteiger partial charge in [0.25, 0.3) is 0 Å². The van der Waals surface area contributed by atoms with Gasteiger partial charge in [-0.1, -0.05) is 0 Å². The average molecular weight is 280 g/mol. The van der Waals surface area contributed by atoms with Gasteiger partial charge in [0.2, 0.25) is 11.2 Å². The second-order valence-electron chi connectivity index (χ2n) is 4.33. The van der Waals surface area contributed by atoms with Gasteiger partial charge in [0, 0.05) is 17.1 Å². The fourth-order valence-electron chi connectivity index (χ4n) is 1.70. The molecule has 2 aromatic heterocycles. The van der Waals surface area contributed by atoms with Crippen LogP contribution in [0.3, 0.4) is 0 Å². The molecule has 0 unspecified atom stereocenters. The van der Waals surface area contributed by atoms with E-state index in [2.05, 4.69) is 4.98 Å². The number of aryl methyl sites for hydroxylation is 1. The van der Waals surface area contributed by atoms with Crippen molar-refractivity contribution in [1.82, 2.24) is 9.88 Å². The third kappa shape index (κ3) is 3.65. The molecule has 0 radical (unpaired) electrons. The zero-order valence-corrected chi connectivity index (χ0v) is 12.0. The molecule has 0 saturated carbocycles. The SMILES string of the molecule is COc1coc(CN(C)Cc2nc(C)cs2)cc1=O. The first-order valence-corrected chi connectivity index (χ1v) is 6.71. The van der Waals surface area contributed by atoms with Gasteiger partial charge < -0.3 is 9.15 Å². The average Bonchev–Trinajstić information content (AvgIpc) is 2.74. The zero-order chi connectivity index (χ0) is 13.8. The smallest absolute Gasteiger partial charge is 0.227 e. The van der Waals surface area contributed by atoms with Crippen molar-refractivity contribution in [2.24, 2.45) is 0 Å². The number of methoxy groups -OCH3 is 1. The van der Waals surface area contributed by atoms with Crippen LogP contribution in [0.5, 0.6) is 5.75 Å². The van der Waals surface area contributed by atoms with E-state index in [1.807, 2.05) is 24.3 Å². The lowest BCUT2D eigenvalue weighted by Crippen LogP contribution is -2.18. The first-order valence-electron chi connectivity index (χ1n) is 5.83. The first kappa shape index (κ1) is 13.8. The number of aromatic nitrogens is 1. The van der Waals surface area contributed by atoms with E-state index in [1.54, 1.807) is 11.3 Å². The number of nitrogens with zero attached hydrogens (tertiary/aromatic N) is 2. The van der Waals surface area contributed by atoms with E-state index >= 15 is 0 Å². The van der Waals surface area contributed by atoms with Crippen molar-refractivity contribution in [1.29, 1.82) is 0 Å². The molecule has 0 amide bonds. The van der Waals surface area contributed by atoms with Crippen LogP contribution in [0.4, 0.5) is 0 Å². The molecule has 0 aliphatic heterocycles. The predicted octanol–water partition coefficient (Wildman–Crippen LogP) is 2.05. The summed E-state index contributed by atoms with van der Waals surface area (Å²) >= 11 is 1.63. The Morgan fingerprint density at radius 2 is 2.26 bits per heavy atom. The fourth-order valence-corrected chi connectivity index (χ4v) is 2.55. The van der Waals surface area contributed by atoms with Crippen molar-refractivity contribution in [3.05, 3.63) is 44.4 Å². The molecule has 0 aliphatic carbocycles. The van der Waals surface area contributed by atoms with Crippen LogP contribution in [0.1, 0.15) is 16.5 Å². The number of hydrogen-bond acceptors (Lipinski definition) is 6. The minimum Gasteiger partial charge on any atom is -0.490 e. The second kappa shape index (κ2) is 5.99. The Bertz CT molecular complexity index is 606. The van der Waals surface area contributed by atoms with Crippen molar-refractivity contribution in [2.45, 2.75) is 20.0 Å². The third-order valence-electron chi connectivity index (χ3n) is 2.57. The van der Waals surface area contributed by atoms with Crippen molar-refractivity contribution >= 4 is 11.3 Å². The maximum atomic E-state index is 11.6. The van der Waals surface area contributed by atoms with Crippen LogP contribution in [-0.2, 0) is 13.1 Å². The minimum absolute atomic E-state index is 0.165. The van der Waals surface area contributed by atoms with Gasteiger partial charge in [0.1, 0.15) is 17.0 Å². The van der Waals surface area contributed by atoms with Crippen LogP contribution in [0, 0.1) is 6.92 Å². The van der Waals surface area contributed by atoms with Gasteiger partial charge in [0.15, 0.2) is 0 Å². The maximum absolute atomic E-state index is 11.6. The molecule has 0 fully saturated rings. The summed E-state index contributed by atoms with van der Waals surface area (Å²) in [5.74, 6) is 0.837. The van der Waals surface area contributed by atoms with E-state index < -0.39 is 0 Å². The van der Waals surface area contributed by atoms with Gasteiger partial charge in [0.05, 0.1) is 20.2 Å². The van der Waals surface area contributed by atoms with E-state index in [4.69, 9.17) is 9.15 Å². The van der Waals surface area contributed by atoms with Crippen LogP contribution in [0.25, 0.3) is 0 Å². The van der Waals surface area contributed by atoms with Crippen molar-refractivity contribution in [3.8, 4) is 5.75 Å². The molecule has 102 valence electrons. The quantitative estimate of drug-likeness (QED) is 0.839. The van der Waals surface area contributed by atoms with Crippen molar-refractivity contribution in [3.63, 3.8) is 0 Å². The summed E-state index contributed by atoms with van der Waals surface area (Å²) in [4.78, 5) is 18.0. The maximum Gasteiger partial charge on any atom is 0.227 e. The molecular weight excluding hydrogens is 264 g/mol. The molecule has 6 heteroatoms. The number of hydrogen-bond donors (Lipinski definition) is 0. The fraction of sp³-hybridized carbons (Fsp3) is 0.385. The van der Waals surface area contributed by atoms with E-state index in [1.165, 1.54) is 19.4 Å². The molecule has 5 nitrogen and oxygen atoms in total. The minimum atomic E-state index is -0.165. The number of ether oxygens (including phenoxy) is 1. The number of rotatable bonds is 5. The monoisotopic (exact) mass is 280 g/mol. The Balaban J connectivity index is 2.00. The van der Waals surface area contributed by atoms with Crippen molar-refractivity contribution < 1.29 is 9.15 Å². The molecule has 2 aromatic rings. The predicted molar refractivity (Wildman–Crippen MR) is 73.6 cm³/mol. The van der Waals surface area contributed by atoms with Crippen LogP contribution < -0.4 is 10.2 Å². The van der Waals surface area contributed by atoms with Gasteiger partial charge in [-0.15, -0.1) is 11.3 Å². The van der Waals surface area contributed by atoms with Gasteiger partial charge >= 0.3 is 0 Å². The molecule has 19 heavy (non-hydrogen) atoms. The van der Waals surface area contributed by atoms with Gasteiger partial charge in [-0.25, -0.2) is 4.98 Å². The lowest BCUT2D eigenvalue weighted by Gasteiger charge is -2.14. The Labute approximate surface area is 115 Å². The van der Waals surface area contributed by atoms with E-state index in [0.717, 1.165) is 17.2 Å². The molecule has 0 spiro atoms. The normalized spacial score (nSPS) is 10.9. The molecule has 0 saturated heterocycles. The van der Waals surface area contributed by atoms with E-state index in [0.29, 0.717) is 12.3 Å². The summed E-state index contributed by atoms with van der Waals surface area (Å²) in [7, 11) is 3.41. The van der Waals surface area contributed by atoms with Crippen LogP contribution in [-0.4, -0.2) is 24.0 Å². The highest BCUT2D eigenvalue weighted by Gasteiger charge is 2.08. The molecule has 0 aromatic carbocycles. The Morgan fingerprint density at radius 1 is 1.47 bits per heavy atom. The van der Waals surface area contributed by atoms with E-state index in [-0.39, 0.29) is 11.2 Å². The largest absolute Gasteiger partial charge is 0.490 e. The van der Waals surface area contributed by atoms with Gasteiger partial charge in [-0.05, 0) is 14.0 Å². The van der Waals surface area contributed by atoms with Gasteiger partial charge in [-0.2, -0.15) is 0 Å². The molecular formula is C13H16N2O3S. The van der Waals surface area contributed by atoms with Gasteiger partial charge in [-0.3, -0.25) is 9.69 Å². The highest BCUT2D eigenvalue weighted by molar-refractivity contribution is 7.09. The highest BCUT2D eigenvalue weighted by atomic mass is 32.1. The van der Waals surface area contributed by atoms with Crippen LogP contribution >= 0.6 is 11.3 Å². The summed E-state index contributed by atoms with van der Waals surface area (Å²) in [6.07, 6.45) is 1.35. The Hall–Kier alpha value is -1.66. The lowest BCUT2D eigenvalue weighted by atomic mass is 10.3. The molecule has 0 atom stereocenters. The Morgan fingerprint density at radius 3 is 2.84 bits per heavy atom.